The van der Waals surface area contributed by atoms with E-state index in [1.54, 1.807) is 19.1 Å². The van der Waals surface area contributed by atoms with Crippen LogP contribution in [0.1, 0.15) is 35.7 Å². The molecule has 0 fully saturated rings. The quantitative estimate of drug-likeness (QED) is 0.820. The van der Waals surface area contributed by atoms with Gasteiger partial charge in [-0.25, -0.2) is 0 Å². The number of carboxylic acid groups (broad SMARTS) is 1. The molecule has 0 aliphatic carbocycles. The number of rotatable bonds is 5. The van der Waals surface area contributed by atoms with Crippen LogP contribution in [0.25, 0.3) is 0 Å². The lowest BCUT2D eigenvalue weighted by Gasteiger charge is -2.12. The van der Waals surface area contributed by atoms with Gasteiger partial charge in [0.1, 0.15) is 0 Å². The van der Waals surface area contributed by atoms with Crippen LogP contribution in [0.15, 0.2) is 24.3 Å². The van der Waals surface area contributed by atoms with E-state index < -0.39 is 5.97 Å². The number of hydrogen-bond donors (Lipinski definition) is 2. The summed E-state index contributed by atoms with van der Waals surface area (Å²) in [6.45, 7) is 3.72. The summed E-state index contributed by atoms with van der Waals surface area (Å²) in [6.07, 6.45) is 0.502. The van der Waals surface area contributed by atoms with Crippen LogP contribution < -0.4 is 5.32 Å². The lowest BCUT2D eigenvalue weighted by atomic mass is 10.1. The first kappa shape index (κ1) is 13.2. The maximum atomic E-state index is 11.8. The molecule has 0 radical (unpaired) electrons. The molecular formula is C13H17NO3. The molecule has 0 spiro atoms. The third-order valence-electron chi connectivity index (χ3n) is 2.45. The van der Waals surface area contributed by atoms with Crippen LogP contribution in [0.2, 0.25) is 0 Å². The van der Waals surface area contributed by atoms with Crippen LogP contribution in [0.4, 0.5) is 0 Å². The van der Waals surface area contributed by atoms with Crippen molar-refractivity contribution in [2.24, 2.45) is 0 Å². The van der Waals surface area contributed by atoms with Crippen molar-refractivity contribution < 1.29 is 14.7 Å². The summed E-state index contributed by atoms with van der Waals surface area (Å²) < 4.78 is 0. The highest BCUT2D eigenvalue weighted by atomic mass is 16.4. The van der Waals surface area contributed by atoms with Crippen LogP contribution in [0, 0.1) is 6.92 Å². The van der Waals surface area contributed by atoms with Crippen LogP contribution in [-0.2, 0) is 4.79 Å². The Morgan fingerprint density at radius 3 is 2.71 bits per heavy atom. The van der Waals surface area contributed by atoms with Crippen molar-refractivity contribution in [1.82, 2.24) is 5.32 Å². The number of carbonyl (C=O) groups excluding carboxylic acids is 1. The van der Waals surface area contributed by atoms with E-state index in [1.165, 1.54) is 0 Å². The monoisotopic (exact) mass is 235 g/mol. The minimum absolute atomic E-state index is 0.0647. The smallest absolute Gasteiger partial charge is 0.303 e. The number of aryl methyl sites for hydroxylation is 1. The molecule has 0 saturated carbocycles. The predicted molar refractivity (Wildman–Crippen MR) is 65.0 cm³/mol. The van der Waals surface area contributed by atoms with Gasteiger partial charge in [-0.3, -0.25) is 9.59 Å². The second kappa shape index (κ2) is 6.03. The molecule has 4 nitrogen and oxygen atoms in total. The van der Waals surface area contributed by atoms with E-state index in [9.17, 15) is 9.59 Å². The summed E-state index contributed by atoms with van der Waals surface area (Å²) in [5.41, 5.74) is 1.63. The first-order chi connectivity index (χ1) is 7.99. The molecule has 1 aromatic rings. The van der Waals surface area contributed by atoms with Crippen LogP contribution in [0.3, 0.4) is 0 Å². The molecule has 0 aliphatic rings. The van der Waals surface area contributed by atoms with E-state index in [4.69, 9.17) is 5.11 Å². The fourth-order valence-corrected chi connectivity index (χ4v) is 1.51. The highest BCUT2D eigenvalue weighted by Crippen LogP contribution is 2.05. The Bertz CT molecular complexity index is 415. The van der Waals surface area contributed by atoms with Gasteiger partial charge in [-0.05, 0) is 32.4 Å². The second-order valence-electron chi connectivity index (χ2n) is 4.18. The number of carboxylic acids is 1. The summed E-state index contributed by atoms with van der Waals surface area (Å²) >= 11 is 0. The molecule has 1 rings (SSSR count). The number of carbonyl (C=O) groups is 2. The highest BCUT2D eigenvalue weighted by molar-refractivity contribution is 5.94. The Kier molecular flexibility index (Phi) is 4.69. The highest BCUT2D eigenvalue weighted by Gasteiger charge is 2.10. The van der Waals surface area contributed by atoms with Gasteiger partial charge in [0.05, 0.1) is 0 Å². The van der Waals surface area contributed by atoms with Gasteiger partial charge >= 0.3 is 5.97 Å². The molecule has 17 heavy (non-hydrogen) atoms. The number of amides is 1. The van der Waals surface area contributed by atoms with Crippen molar-refractivity contribution in [3.05, 3.63) is 35.4 Å². The first-order valence-corrected chi connectivity index (χ1v) is 5.58. The standard InChI is InChI=1S/C13H17NO3/c1-9-4-3-5-11(8-9)13(17)14-10(2)6-7-12(15)16/h3-5,8,10H,6-7H2,1-2H3,(H,14,17)(H,15,16)/t10-/m0/s1. The maximum Gasteiger partial charge on any atom is 0.303 e. The van der Waals surface area contributed by atoms with Gasteiger partial charge in [0.25, 0.3) is 5.91 Å². The zero-order valence-corrected chi connectivity index (χ0v) is 10.1. The number of aliphatic carboxylic acids is 1. The van der Waals surface area contributed by atoms with Crippen LogP contribution in [-0.4, -0.2) is 23.0 Å². The van der Waals surface area contributed by atoms with Crippen molar-refractivity contribution in [3.63, 3.8) is 0 Å². The van der Waals surface area contributed by atoms with E-state index >= 15 is 0 Å². The minimum Gasteiger partial charge on any atom is -0.481 e. The molecule has 0 saturated heterocycles. The predicted octanol–water partition coefficient (Wildman–Crippen LogP) is 1.98. The van der Waals surface area contributed by atoms with Gasteiger partial charge < -0.3 is 10.4 Å². The minimum atomic E-state index is -0.846. The summed E-state index contributed by atoms with van der Waals surface area (Å²) in [7, 11) is 0. The van der Waals surface area contributed by atoms with Crippen molar-refractivity contribution in [2.45, 2.75) is 32.7 Å². The Morgan fingerprint density at radius 1 is 1.41 bits per heavy atom. The summed E-state index contributed by atoms with van der Waals surface area (Å²) in [5.74, 6) is -1.01. The van der Waals surface area contributed by atoms with Gasteiger partial charge in [0.15, 0.2) is 0 Å². The SMILES string of the molecule is Cc1cccc(C(=O)N[C@@H](C)CCC(=O)O)c1. The number of hydrogen-bond acceptors (Lipinski definition) is 2. The Morgan fingerprint density at radius 2 is 2.12 bits per heavy atom. The van der Waals surface area contributed by atoms with Gasteiger partial charge in [0, 0.05) is 18.0 Å². The Hall–Kier alpha value is -1.84. The molecule has 92 valence electrons. The molecule has 0 aliphatic heterocycles. The summed E-state index contributed by atoms with van der Waals surface area (Å²) in [4.78, 5) is 22.2. The van der Waals surface area contributed by atoms with Gasteiger partial charge in [0.2, 0.25) is 0 Å². The first-order valence-electron chi connectivity index (χ1n) is 5.58. The Balaban J connectivity index is 2.51. The molecule has 0 aromatic heterocycles. The molecule has 1 aromatic carbocycles. The van der Waals surface area contributed by atoms with E-state index in [1.807, 2.05) is 19.1 Å². The fraction of sp³-hybridized carbons (Fsp3) is 0.385. The fourth-order valence-electron chi connectivity index (χ4n) is 1.51. The van der Waals surface area contributed by atoms with E-state index in [-0.39, 0.29) is 18.4 Å². The molecule has 0 heterocycles. The molecule has 2 N–H and O–H groups in total. The molecule has 1 atom stereocenters. The maximum absolute atomic E-state index is 11.8. The van der Waals surface area contributed by atoms with Crippen LogP contribution in [0.5, 0.6) is 0 Å². The molecule has 0 bridgehead atoms. The average Bonchev–Trinajstić information content (AvgIpc) is 2.26. The van der Waals surface area contributed by atoms with Crippen molar-refractivity contribution >= 4 is 11.9 Å². The molecule has 0 unspecified atom stereocenters. The zero-order valence-electron chi connectivity index (χ0n) is 10.1. The number of nitrogens with one attached hydrogen (secondary N) is 1. The van der Waals surface area contributed by atoms with Crippen LogP contribution >= 0.6 is 0 Å². The van der Waals surface area contributed by atoms with Crippen molar-refractivity contribution in [2.75, 3.05) is 0 Å². The third-order valence-corrected chi connectivity index (χ3v) is 2.45. The summed E-state index contributed by atoms with van der Waals surface area (Å²) in [5, 5.41) is 11.3. The normalized spacial score (nSPS) is 11.9. The van der Waals surface area contributed by atoms with Crippen molar-refractivity contribution in [3.8, 4) is 0 Å². The van der Waals surface area contributed by atoms with E-state index in [0.717, 1.165) is 5.56 Å². The zero-order chi connectivity index (χ0) is 12.8. The third kappa shape index (κ3) is 4.68. The topological polar surface area (TPSA) is 66.4 Å². The lowest BCUT2D eigenvalue weighted by Crippen LogP contribution is -2.32. The van der Waals surface area contributed by atoms with Gasteiger partial charge in [-0.2, -0.15) is 0 Å². The average molecular weight is 235 g/mol. The van der Waals surface area contributed by atoms with Gasteiger partial charge in [-0.1, -0.05) is 17.7 Å². The van der Waals surface area contributed by atoms with Crippen molar-refractivity contribution in [1.29, 1.82) is 0 Å². The lowest BCUT2D eigenvalue weighted by molar-refractivity contribution is -0.137. The van der Waals surface area contributed by atoms with E-state index in [0.29, 0.717) is 12.0 Å². The molecular weight excluding hydrogens is 218 g/mol. The van der Waals surface area contributed by atoms with Gasteiger partial charge in [-0.15, -0.1) is 0 Å². The second-order valence-corrected chi connectivity index (χ2v) is 4.18. The Labute approximate surface area is 101 Å². The number of benzene rings is 1. The van der Waals surface area contributed by atoms with E-state index in [2.05, 4.69) is 5.32 Å². The largest absolute Gasteiger partial charge is 0.481 e. The molecule has 4 heteroatoms. The summed E-state index contributed by atoms with van der Waals surface area (Å²) in [6, 6.07) is 7.15. The molecule has 1 amide bonds.